The van der Waals surface area contributed by atoms with E-state index in [2.05, 4.69) is 17.6 Å². The van der Waals surface area contributed by atoms with Crippen LogP contribution in [0.3, 0.4) is 0 Å². The van der Waals surface area contributed by atoms with Gasteiger partial charge in [0.05, 0.1) is 20.9 Å². The first kappa shape index (κ1) is 17.5. The van der Waals surface area contributed by atoms with Gasteiger partial charge < -0.3 is 4.98 Å². The number of benzene rings is 1. The molecular weight excluding hydrogens is 362 g/mol. The zero-order chi connectivity index (χ0) is 17.9. The monoisotopic (exact) mass is 383 g/mol. The van der Waals surface area contributed by atoms with Crippen LogP contribution < -0.4 is 5.56 Å². The fraction of sp³-hybridized carbons (Fsp3) is 0.350. The van der Waals surface area contributed by atoms with Gasteiger partial charge in [0.15, 0.2) is 5.16 Å². The number of rotatable bonds is 6. The van der Waals surface area contributed by atoms with Gasteiger partial charge in [-0.05, 0) is 31.4 Å². The van der Waals surface area contributed by atoms with Crippen LogP contribution in [0.25, 0.3) is 10.2 Å². The minimum atomic E-state index is -0.0449. The molecule has 3 aromatic rings. The van der Waals surface area contributed by atoms with Crippen LogP contribution in [0.4, 0.5) is 0 Å². The van der Waals surface area contributed by atoms with Crippen molar-refractivity contribution in [3.05, 3.63) is 63.5 Å². The molecule has 1 aliphatic rings. The molecule has 0 radical (unpaired) electrons. The summed E-state index contributed by atoms with van der Waals surface area (Å²) in [6, 6.07) is 8.12. The summed E-state index contributed by atoms with van der Waals surface area (Å²) >= 11 is 3.38. The Morgan fingerprint density at radius 3 is 2.85 bits per heavy atom. The number of para-hydroxylation sites is 1. The summed E-state index contributed by atoms with van der Waals surface area (Å²) < 4.78 is 1.16. The Morgan fingerprint density at radius 2 is 2.08 bits per heavy atom. The van der Waals surface area contributed by atoms with E-state index in [0.717, 1.165) is 26.1 Å². The molecule has 0 atom stereocenters. The lowest BCUT2D eigenvalue weighted by atomic mass is 10.1. The molecule has 0 aliphatic heterocycles. The van der Waals surface area contributed by atoms with Crippen LogP contribution in [-0.4, -0.2) is 20.2 Å². The largest absolute Gasteiger partial charge is 0.301 e. The van der Waals surface area contributed by atoms with Crippen LogP contribution in [0.5, 0.6) is 0 Å². The number of fused-ring (bicyclic) bond motifs is 1. The highest BCUT2D eigenvalue weighted by Crippen LogP contribution is 2.33. The van der Waals surface area contributed by atoms with Gasteiger partial charge in [0, 0.05) is 17.2 Å². The number of H-pyrrole nitrogens is 1. The van der Waals surface area contributed by atoms with Crippen LogP contribution in [0.15, 0.2) is 46.9 Å². The number of nitrogens with one attached hydrogen (secondary N) is 1. The Hall–Kier alpha value is -1.92. The third-order valence-electron chi connectivity index (χ3n) is 4.67. The third-order valence-corrected chi connectivity index (χ3v) is 6.92. The summed E-state index contributed by atoms with van der Waals surface area (Å²) in [5.41, 5.74) is 2.49. The van der Waals surface area contributed by atoms with E-state index in [1.165, 1.54) is 25.7 Å². The Bertz CT molecular complexity index is 953. The molecule has 4 rings (SSSR count). The lowest BCUT2D eigenvalue weighted by Crippen LogP contribution is -2.19. The molecule has 4 nitrogen and oxygen atoms in total. The highest BCUT2D eigenvalue weighted by molar-refractivity contribution is 7.99. The van der Waals surface area contributed by atoms with E-state index in [1.807, 2.05) is 18.2 Å². The van der Waals surface area contributed by atoms with Gasteiger partial charge in [-0.15, -0.1) is 17.9 Å². The average molecular weight is 384 g/mol. The lowest BCUT2D eigenvalue weighted by molar-refractivity contribution is 0.829. The molecule has 0 spiro atoms. The van der Waals surface area contributed by atoms with Gasteiger partial charge in [-0.3, -0.25) is 4.79 Å². The van der Waals surface area contributed by atoms with Crippen molar-refractivity contribution >= 4 is 33.3 Å². The first-order chi connectivity index (χ1) is 12.7. The number of hydrogen-bond donors (Lipinski definition) is 1. The predicted octanol–water partition coefficient (Wildman–Crippen LogP) is 4.73. The Balaban J connectivity index is 1.67. The van der Waals surface area contributed by atoms with Gasteiger partial charge in [0.1, 0.15) is 0 Å². The molecule has 26 heavy (non-hydrogen) atoms. The molecule has 0 unspecified atom stereocenters. The second kappa shape index (κ2) is 7.76. The number of allylic oxidation sites excluding steroid dienone is 1. The molecule has 1 aromatic carbocycles. The van der Waals surface area contributed by atoms with Gasteiger partial charge in [-0.25, -0.2) is 9.97 Å². The van der Waals surface area contributed by atoms with E-state index in [1.54, 1.807) is 29.2 Å². The second-order valence-corrected chi connectivity index (χ2v) is 8.97. The quantitative estimate of drug-likeness (QED) is 0.494. The lowest BCUT2D eigenvalue weighted by Gasteiger charge is -2.11. The maximum atomic E-state index is 12.6. The minimum absolute atomic E-state index is 0.0449. The molecule has 1 saturated carbocycles. The van der Waals surface area contributed by atoms with Gasteiger partial charge in [-0.1, -0.05) is 42.8 Å². The summed E-state index contributed by atoms with van der Waals surface area (Å²) in [6.07, 6.45) is 7.83. The van der Waals surface area contributed by atoms with Gasteiger partial charge in [0.2, 0.25) is 0 Å². The summed E-state index contributed by atoms with van der Waals surface area (Å²) in [5.74, 6) is 0. The minimum Gasteiger partial charge on any atom is -0.301 e. The van der Waals surface area contributed by atoms with Crippen molar-refractivity contribution in [1.82, 2.24) is 15.0 Å². The molecule has 0 bridgehead atoms. The first-order valence-corrected chi connectivity index (χ1v) is 10.7. The number of hydrogen-bond acceptors (Lipinski definition) is 5. The van der Waals surface area contributed by atoms with Crippen molar-refractivity contribution in [3.63, 3.8) is 0 Å². The zero-order valence-corrected chi connectivity index (χ0v) is 16.2. The van der Waals surface area contributed by atoms with Crippen LogP contribution in [-0.2, 0) is 12.8 Å². The average Bonchev–Trinajstić information content (AvgIpc) is 3.27. The topological polar surface area (TPSA) is 58.6 Å². The van der Waals surface area contributed by atoms with E-state index >= 15 is 0 Å². The molecule has 0 amide bonds. The number of thiazole rings is 1. The number of aromatic nitrogens is 3. The number of aromatic amines is 1. The predicted molar refractivity (Wildman–Crippen MR) is 109 cm³/mol. The molecule has 6 heteroatoms. The molecule has 2 aromatic heterocycles. The maximum absolute atomic E-state index is 12.6. The van der Waals surface area contributed by atoms with Crippen molar-refractivity contribution in [2.45, 2.75) is 48.9 Å². The second-order valence-electron chi connectivity index (χ2n) is 6.57. The summed E-state index contributed by atoms with van der Waals surface area (Å²) in [5, 5.41) is 2.30. The normalized spacial score (nSPS) is 14.9. The smallest absolute Gasteiger partial charge is 0.255 e. The van der Waals surface area contributed by atoms with E-state index in [4.69, 9.17) is 9.97 Å². The number of thioether (sulfide) groups is 1. The van der Waals surface area contributed by atoms with E-state index in [9.17, 15) is 4.79 Å². The molecule has 1 N–H and O–H groups in total. The fourth-order valence-electron chi connectivity index (χ4n) is 3.38. The highest BCUT2D eigenvalue weighted by Gasteiger charge is 2.19. The molecule has 2 heterocycles. The van der Waals surface area contributed by atoms with Crippen molar-refractivity contribution in [3.8, 4) is 0 Å². The third kappa shape index (κ3) is 3.76. The van der Waals surface area contributed by atoms with Crippen LogP contribution >= 0.6 is 23.1 Å². The van der Waals surface area contributed by atoms with E-state index < -0.39 is 0 Å². The fourth-order valence-corrected chi connectivity index (χ4v) is 5.55. The Morgan fingerprint density at radius 1 is 1.27 bits per heavy atom. The highest BCUT2D eigenvalue weighted by atomic mass is 32.2. The van der Waals surface area contributed by atoms with E-state index in [0.29, 0.717) is 23.7 Å². The Kier molecular flexibility index (Phi) is 5.22. The summed E-state index contributed by atoms with van der Waals surface area (Å²) in [4.78, 5) is 25.1. The molecule has 0 saturated heterocycles. The van der Waals surface area contributed by atoms with Crippen LogP contribution in [0, 0.1) is 0 Å². The van der Waals surface area contributed by atoms with Crippen molar-refractivity contribution < 1.29 is 0 Å². The Labute approximate surface area is 160 Å². The van der Waals surface area contributed by atoms with Gasteiger partial charge in [0.25, 0.3) is 5.56 Å². The molecule has 134 valence electrons. The molecule has 1 fully saturated rings. The molecular formula is C20H21N3OS2. The number of nitrogens with zero attached hydrogens (tertiary/aromatic N) is 2. The zero-order valence-electron chi connectivity index (χ0n) is 14.5. The summed E-state index contributed by atoms with van der Waals surface area (Å²) in [7, 11) is 0. The van der Waals surface area contributed by atoms with E-state index in [-0.39, 0.29) is 5.56 Å². The first-order valence-electron chi connectivity index (χ1n) is 8.97. The molecule has 1 aliphatic carbocycles. The van der Waals surface area contributed by atoms with Crippen LogP contribution in [0.1, 0.15) is 41.9 Å². The van der Waals surface area contributed by atoms with Crippen molar-refractivity contribution in [1.29, 1.82) is 0 Å². The van der Waals surface area contributed by atoms with Gasteiger partial charge in [-0.2, -0.15) is 0 Å². The SMILES string of the molecule is C=CCc1c(Cc2nc3ccccc3s2)nc(SC2CCCC2)[nH]c1=O. The standard InChI is InChI=1S/C20H21N3OS2/c1-2-7-14-16(12-18-21-15-10-5-6-11-17(15)26-18)22-20(23-19(14)24)25-13-8-3-4-9-13/h2,5-6,10-11,13H,1,3-4,7-9,12H2,(H,22,23,24). The summed E-state index contributed by atoms with van der Waals surface area (Å²) in [6.45, 7) is 3.79. The van der Waals surface area contributed by atoms with Crippen molar-refractivity contribution in [2.75, 3.05) is 0 Å². The van der Waals surface area contributed by atoms with Gasteiger partial charge >= 0.3 is 0 Å². The van der Waals surface area contributed by atoms with Crippen LogP contribution in [0.2, 0.25) is 0 Å². The maximum Gasteiger partial charge on any atom is 0.255 e. The van der Waals surface area contributed by atoms with Crippen molar-refractivity contribution in [2.24, 2.45) is 0 Å².